The topological polar surface area (TPSA) is 114 Å². The molecule has 0 rings (SSSR count). The Kier molecular flexibility index (Phi) is 14.1. The molecule has 0 saturated heterocycles. The molecule has 0 aromatic heterocycles. The van der Waals surface area contributed by atoms with E-state index in [4.69, 9.17) is 17.5 Å². The molecule has 0 bridgehead atoms. The molecule has 0 saturated carbocycles. The highest BCUT2D eigenvalue weighted by Crippen LogP contribution is 1.90. The van der Waals surface area contributed by atoms with Gasteiger partial charge < -0.3 is 27.7 Å². The summed E-state index contributed by atoms with van der Waals surface area (Å²) in [5.41, 5.74) is 0. The molecule has 128 valence electrons. The number of hydrogen-bond acceptors (Lipinski definition) is 6. The van der Waals surface area contributed by atoms with Gasteiger partial charge in [-0.1, -0.05) is 0 Å². The lowest BCUT2D eigenvalue weighted by molar-refractivity contribution is -0.869. The summed E-state index contributed by atoms with van der Waals surface area (Å²) in [6, 6.07) is 0. The number of carbonyl (C=O) groups excluding carboxylic acids is 2. The van der Waals surface area contributed by atoms with Crippen molar-refractivity contribution >= 4 is 23.0 Å². The molecule has 0 aromatic carbocycles. The summed E-state index contributed by atoms with van der Waals surface area (Å²) in [4.78, 5) is 19.7. The number of quaternary nitrogens is 2. The minimum absolute atomic E-state index is 0.670. The van der Waals surface area contributed by atoms with Gasteiger partial charge in [0.2, 0.25) is 0 Å². The second-order valence-electron chi connectivity index (χ2n) is 6.35. The summed E-state index contributed by atoms with van der Waals surface area (Å²) in [5, 5.41) is 0. The summed E-state index contributed by atoms with van der Waals surface area (Å²) < 4.78 is 35.8. The molecule has 0 spiro atoms. The molecule has 0 radical (unpaired) electrons. The zero-order valence-electron chi connectivity index (χ0n) is 13.7. The Hall–Kier alpha value is -0.870. The van der Waals surface area contributed by atoms with Crippen molar-refractivity contribution in [2.45, 2.75) is 12.8 Å². The van der Waals surface area contributed by atoms with Crippen LogP contribution < -0.4 is 0 Å². The predicted octanol–water partition coefficient (Wildman–Crippen LogP) is -0.775. The summed E-state index contributed by atoms with van der Waals surface area (Å²) >= 11 is 0. The third-order valence-electron chi connectivity index (χ3n) is 1.84. The van der Waals surface area contributed by atoms with Crippen LogP contribution in [0.1, 0.15) is 12.8 Å². The Morgan fingerprint density at radius 1 is 0.762 bits per heavy atom. The van der Waals surface area contributed by atoms with E-state index < -0.39 is 10.4 Å². The molecule has 0 aliphatic heterocycles. The van der Waals surface area contributed by atoms with Crippen LogP contribution in [0.3, 0.4) is 0 Å². The third-order valence-corrected chi connectivity index (χ3v) is 1.84. The highest BCUT2D eigenvalue weighted by molar-refractivity contribution is 7.79. The van der Waals surface area contributed by atoms with Crippen molar-refractivity contribution in [2.75, 3.05) is 55.4 Å². The normalized spacial score (nSPS) is 11.4. The van der Waals surface area contributed by atoms with E-state index in [-0.39, 0.29) is 0 Å². The van der Waals surface area contributed by atoms with Crippen molar-refractivity contribution in [3.8, 4) is 0 Å². The molecule has 21 heavy (non-hydrogen) atoms. The lowest BCUT2D eigenvalue weighted by atomic mass is 10.4. The van der Waals surface area contributed by atoms with E-state index in [9.17, 15) is 9.59 Å². The fraction of sp³-hybridized carbons (Fsp3) is 0.833. The molecule has 0 aromatic rings. The van der Waals surface area contributed by atoms with Crippen LogP contribution in [-0.2, 0) is 20.0 Å². The van der Waals surface area contributed by atoms with Crippen molar-refractivity contribution < 1.29 is 36.1 Å². The summed E-state index contributed by atoms with van der Waals surface area (Å²) in [7, 11) is 7.27. The Balaban J connectivity index is -0.000000239. The van der Waals surface area contributed by atoms with Crippen LogP contribution in [-0.4, -0.2) is 94.4 Å². The monoisotopic (exact) mass is 328 g/mol. The average molecular weight is 328 g/mol. The van der Waals surface area contributed by atoms with Gasteiger partial charge in [0.05, 0.1) is 68.2 Å². The second-order valence-corrected chi connectivity index (χ2v) is 7.16. The highest BCUT2D eigenvalue weighted by Gasteiger charge is 2.04. The quantitative estimate of drug-likeness (QED) is 0.273. The predicted molar refractivity (Wildman–Crippen MR) is 77.6 cm³/mol. The van der Waals surface area contributed by atoms with Crippen LogP contribution in [0.15, 0.2) is 0 Å². The zero-order valence-corrected chi connectivity index (χ0v) is 14.6. The molecular weight excluding hydrogens is 300 g/mol. The van der Waals surface area contributed by atoms with Crippen LogP contribution in [0.25, 0.3) is 0 Å². The van der Waals surface area contributed by atoms with Gasteiger partial charge in [-0.05, 0) is 0 Å². The van der Waals surface area contributed by atoms with Gasteiger partial charge in [0, 0.05) is 10.4 Å². The highest BCUT2D eigenvalue weighted by atomic mass is 32.3. The van der Waals surface area contributed by atoms with Gasteiger partial charge in [-0.2, -0.15) is 0 Å². The van der Waals surface area contributed by atoms with Gasteiger partial charge >= 0.3 is 0 Å². The number of carbonyl (C=O) groups is 2. The molecular formula is C12H28N2O6S. The molecule has 0 N–H and O–H groups in total. The summed E-state index contributed by atoms with van der Waals surface area (Å²) in [6.07, 6.45) is 3.26. The standard InChI is InChI=1S/2C6H14NO.H2O4S/c2*1-7(2,3)5-4-6-8;1-5(2,3)4/h2*6H,4-5H2,1-3H3;(H2,1,2,3,4)/q2*+1;/p-2. The van der Waals surface area contributed by atoms with Crippen LogP contribution in [0.5, 0.6) is 0 Å². The van der Waals surface area contributed by atoms with E-state index in [0.717, 1.165) is 34.6 Å². The smallest absolute Gasteiger partial charge is 0.125 e. The van der Waals surface area contributed by atoms with Crippen molar-refractivity contribution in [3.63, 3.8) is 0 Å². The van der Waals surface area contributed by atoms with E-state index in [2.05, 4.69) is 42.3 Å². The fourth-order valence-corrected chi connectivity index (χ4v) is 0.880. The molecule has 0 fully saturated rings. The molecule has 0 aliphatic carbocycles. The van der Waals surface area contributed by atoms with Crippen LogP contribution in [0, 0.1) is 0 Å². The third kappa shape index (κ3) is 67.3. The van der Waals surface area contributed by atoms with E-state index in [1.54, 1.807) is 0 Å². The zero-order chi connectivity index (χ0) is 17.7. The first-order valence-electron chi connectivity index (χ1n) is 6.27. The molecule has 0 heterocycles. The summed E-state index contributed by atoms with van der Waals surface area (Å²) in [6.45, 7) is 1.87. The van der Waals surface area contributed by atoms with E-state index >= 15 is 0 Å². The van der Waals surface area contributed by atoms with Crippen LogP contribution >= 0.6 is 0 Å². The lowest BCUT2D eigenvalue weighted by Gasteiger charge is -2.22. The molecule has 0 unspecified atom stereocenters. The first-order chi connectivity index (χ1) is 9.12. The first kappa shape index (κ1) is 25.1. The van der Waals surface area contributed by atoms with Gasteiger partial charge in [0.25, 0.3) is 0 Å². The fourth-order valence-electron chi connectivity index (χ4n) is 0.880. The first-order valence-corrected chi connectivity index (χ1v) is 7.60. The molecule has 0 atom stereocenters. The number of hydrogen-bond donors (Lipinski definition) is 0. The SMILES string of the molecule is C[N+](C)(C)CCC=O.C[N+](C)(C)CCC=O.O=S(=O)([O-])[O-]. The van der Waals surface area contributed by atoms with E-state index in [0.29, 0.717) is 12.8 Å². The van der Waals surface area contributed by atoms with Crippen molar-refractivity contribution in [1.29, 1.82) is 0 Å². The number of aldehydes is 2. The minimum Gasteiger partial charge on any atom is -0.759 e. The van der Waals surface area contributed by atoms with Gasteiger partial charge in [0.15, 0.2) is 0 Å². The van der Waals surface area contributed by atoms with Crippen LogP contribution in [0.4, 0.5) is 0 Å². The van der Waals surface area contributed by atoms with Crippen LogP contribution in [0.2, 0.25) is 0 Å². The maximum absolute atomic E-state index is 9.84. The van der Waals surface area contributed by atoms with Gasteiger partial charge in [-0.15, -0.1) is 0 Å². The van der Waals surface area contributed by atoms with E-state index in [1.165, 1.54) is 0 Å². The van der Waals surface area contributed by atoms with Crippen molar-refractivity contribution in [3.05, 3.63) is 0 Å². The number of rotatable bonds is 6. The minimum atomic E-state index is -5.17. The number of nitrogens with zero attached hydrogens (tertiary/aromatic N) is 2. The molecule has 0 amide bonds. The maximum Gasteiger partial charge on any atom is 0.125 e. The Bertz CT molecular complexity index is 338. The maximum atomic E-state index is 9.84. The summed E-state index contributed by atoms with van der Waals surface area (Å²) in [5.74, 6) is 0. The second kappa shape index (κ2) is 11.8. The van der Waals surface area contributed by atoms with Gasteiger partial charge in [-0.25, -0.2) is 0 Å². The van der Waals surface area contributed by atoms with Crippen molar-refractivity contribution in [2.24, 2.45) is 0 Å². The average Bonchev–Trinajstić information content (AvgIpc) is 2.20. The van der Waals surface area contributed by atoms with Gasteiger partial charge in [-0.3, -0.25) is 8.42 Å². The molecule has 0 aliphatic rings. The largest absolute Gasteiger partial charge is 0.759 e. The van der Waals surface area contributed by atoms with Crippen molar-refractivity contribution in [1.82, 2.24) is 0 Å². The van der Waals surface area contributed by atoms with Gasteiger partial charge in [0.1, 0.15) is 12.6 Å². The Morgan fingerprint density at radius 2 is 0.952 bits per heavy atom. The molecule has 9 heteroatoms. The Morgan fingerprint density at radius 3 is 1.00 bits per heavy atom. The molecule has 8 nitrogen and oxygen atoms in total. The van der Waals surface area contributed by atoms with E-state index in [1.807, 2.05) is 0 Å². The Labute approximate surface area is 128 Å². The lowest BCUT2D eigenvalue weighted by Crippen LogP contribution is -2.35.